The van der Waals surface area contributed by atoms with E-state index in [1.807, 2.05) is 30.9 Å². The molecule has 1 N–H and O–H groups in total. The molecular weight excluding hydrogens is 328 g/mol. The number of amides is 1. The number of hydrogen-bond acceptors (Lipinski definition) is 5. The molecule has 1 aliphatic rings. The van der Waals surface area contributed by atoms with Crippen LogP contribution in [0.15, 0.2) is 18.2 Å². The monoisotopic (exact) mass is 354 g/mol. The van der Waals surface area contributed by atoms with Crippen LogP contribution >= 0.6 is 0 Å². The van der Waals surface area contributed by atoms with Crippen LogP contribution in [0.2, 0.25) is 0 Å². The van der Waals surface area contributed by atoms with Gasteiger partial charge in [0.25, 0.3) is 0 Å². The summed E-state index contributed by atoms with van der Waals surface area (Å²) in [6.07, 6.45) is 0.599. The first-order valence-corrected chi connectivity index (χ1v) is 9.96. The highest BCUT2D eigenvalue weighted by molar-refractivity contribution is 7.91. The fourth-order valence-electron chi connectivity index (χ4n) is 2.91. The van der Waals surface area contributed by atoms with E-state index in [0.29, 0.717) is 19.6 Å². The van der Waals surface area contributed by atoms with Gasteiger partial charge < -0.3 is 10.1 Å². The van der Waals surface area contributed by atoms with Crippen molar-refractivity contribution in [3.05, 3.63) is 29.3 Å². The number of likely N-dealkylation sites (N-methyl/N-ethyl adjacent to an activating group) is 1. The number of rotatable bonds is 7. The van der Waals surface area contributed by atoms with Gasteiger partial charge in [0, 0.05) is 6.04 Å². The summed E-state index contributed by atoms with van der Waals surface area (Å²) in [6, 6.07) is 5.94. The molecule has 134 valence electrons. The van der Waals surface area contributed by atoms with Gasteiger partial charge in [0.2, 0.25) is 5.91 Å². The quantitative estimate of drug-likeness (QED) is 0.737. The van der Waals surface area contributed by atoms with E-state index in [9.17, 15) is 13.2 Å². The number of sulfone groups is 1. The zero-order valence-corrected chi connectivity index (χ0v) is 15.4. The number of carbonyl (C=O) groups excluding carboxylic acids is 1. The van der Waals surface area contributed by atoms with Gasteiger partial charge in [0.1, 0.15) is 12.4 Å². The molecule has 1 amide bonds. The number of nitrogens with zero attached hydrogens (tertiary/aromatic N) is 1. The number of carbonyl (C=O) groups is 1. The average Bonchev–Trinajstić information content (AvgIpc) is 2.83. The third-order valence-corrected chi connectivity index (χ3v) is 5.86. The van der Waals surface area contributed by atoms with E-state index >= 15 is 0 Å². The molecule has 6 nitrogen and oxygen atoms in total. The SMILES string of the molecule is Cc1cc(C)cc(OCCNC(=O)CN(C)[C@H]2CCS(=O)(=O)C2)c1. The Hall–Kier alpha value is -1.60. The van der Waals surface area contributed by atoms with Crippen molar-refractivity contribution < 1.29 is 17.9 Å². The number of aryl methyl sites for hydroxylation is 2. The third-order valence-electron chi connectivity index (χ3n) is 4.11. The highest BCUT2D eigenvalue weighted by Gasteiger charge is 2.31. The molecule has 0 radical (unpaired) electrons. The molecule has 7 heteroatoms. The Labute approximate surface area is 144 Å². The molecule has 24 heavy (non-hydrogen) atoms. The lowest BCUT2D eigenvalue weighted by molar-refractivity contribution is -0.122. The Balaban J connectivity index is 1.68. The Morgan fingerprint density at radius 3 is 2.54 bits per heavy atom. The second-order valence-electron chi connectivity index (χ2n) is 6.49. The predicted molar refractivity (Wildman–Crippen MR) is 94.1 cm³/mol. The molecular formula is C17H26N2O4S. The predicted octanol–water partition coefficient (Wildman–Crippen LogP) is 0.917. The summed E-state index contributed by atoms with van der Waals surface area (Å²) < 4.78 is 28.6. The van der Waals surface area contributed by atoms with Crippen molar-refractivity contribution in [1.82, 2.24) is 10.2 Å². The minimum atomic E-state index is -2.93. The van der Waals surface area contributed by atoms with Gasteiger partial charge in [-0.15, -0.1) is 0 Å². The van der Waals surface area contributed by atoms with E-state index in [2.05, 4.69) is 11.4 Å². The van der Waals surface area contributed by atoms with Crippen LogP contribution in [0.1, 0.15) is 17.5 Å². The zero-order chi connectivity index (χ0) is 17.7. The summed E-state index contributed by atoms with van der Waals surface area (Å²) in [7, 11) is -1.14. The fourth-order valence-corrected chi connectivity index (χ4v) is 4.72. The normalized spacial score (nSPS) is 19.4. The summed E-state index contributed by atoms with van der Waals surface area (Å²) in [4.78, 5) is 13.7. The summed E-state index contributed by atoms with van der Waals surface area (Å²) in [5, 5.41) is 2.80. The maximum absolute atomic E-state index is 11.9. The first-order valence-electron chi connectivity index (χ1n) is 8.13. The van der Waals surface area contributed by atoms with Crippen molar-refractivity contribution in [1.29, 1.82) is 0 Å². The van der Waals surface area contributed by atoms with Crippen LogP contribution in [0.25, 0.3) is 0 Å². The van der Waals surface area contributed by atoms with Crippen LogP contribution in [-0.2, 0) is 14.6 Å². The van der Waals surface area contributed by atoms with Crippen LogP contribution in [-0.4, -0.2) is 63.5 Å². The van der Waals surface area contributed by atoms with Gasteiger partial charge in [0.15, 0.2) is 9.84 Å². The van der Waals surface area contributed by atoms with Crippen molar-refractivity contribution in [3.8, 4) is 5.75 Å². The molecule has 1 aromatic rings. The molecule has 2 rings (SSSR count). The standard InChI is InChI=1S/C17H26N2O4S/c1-13-8-14(2)10-16(9-13)23-6-5-18-17(20)11-19(3)15-4-7-24(21,22)12-15/h8-10,15H,4-7,11-12H2,1-3H3,(H,18,20)/t15-/m0/s1. The van der Waals surface area contributed by atoms with Crippen molar-refractivity contribution in [3.63, 3.8) is 0 Å². The molecule has 0 bridgehead atoms. The number of nitrogens with one attached hydrogen (secondary N) is 1. The first-order chi connectivity index (χ1) is 11.2. The summed E-state index contributed by atoms with van der Waals surface area (Å²) in [6.45, 7) is 5.05. The molecule has 1 aromatic carbocycles. The van der Waals surface area contributed by atoms with E-state index < -0.39 is 9.84 Å². The van der Waals surface area contributed by atoms with Gasteiger partial charge in [-0.3, -0.25) is 9.69 Å². The Bertz CT molecular complexity index is 668. The molecule has 1 aliphatic heterocycles. The van der Waals surface area contributed by atoms with E-state index in [0.717, 1.165) is 16.9 Å². The Morgan fingerprint density at radius 1 is 1.29 bits per heavy atom. The lowest BCUT2D eigenvalue weighted by atomic mass is 10.1. The lowest BCUT2D eigenvalue weighted by Crippen LogP contribution is -2.42. The van der Waals surface area contributed by atoms with Crippen LogP contribution in [0.3, 0.4) is 0 Å². The topological polar surface area (TPSA) is 75.7 Å². The number of ether oxygens (including phenoxy) is 1. The fraction of sp³-hybridized carbons (Fsp3) is 0.588. The van der Waals surface area contributed by atoms with Gasteiger partial charge in [-0.05, 0) is 50.6 Å². The van der Waals surface area contributed by atoms with Crippen LogP contribution in [0, 0.1) is 13.8 Å². The minimum absolute atomic E-state index is 0.0627. The van der Waals surface area contributed by atoms with E-state index in [1.54, 1.807) is 7.05 Å². The maximum atomic E-state index is 11.9. The van der Waals surface area contributed by atoms with Gasteiger partial charge >= 0.3 is 0 Å². The number of benzene rings is 1. The largest absolute Gasteiger partial charge is 0.492 e. The molecule has 1 atom stereocenters. The van der Waals surface area contributed by atoms with Gasteiger partial charge in [0.05, 0.1) is 24.6 Å². The summed E-state index contributed by atoms with van der Waals surface area (Å²) >= 11 is 0. The Kier molecular flexibility index (Phi) is 6.23. The highest BCUT2D eigenvalue weighted by atomic mass is 32.2. The smallest absolute Gasteiger partial charge is 0.234 e. The van der Waals surface area contributed by atoms with Crippen molar-refractivity contribution >= 4 is 15.7 Å². The van der Waals surface area contributed by atoms with Crippen LogP contribution < -0.4 is 10.1 Å². The minimum Gasteiger partial charge on any atom is -0.492 e. The molecule has 0 saturated carbocycles. The van der Waals surface area contributed by atoms with Crippen molar-refractivity contribution in [2.75, 3.05) is 38.2 Å². The van der Waals surface area contributed by atoms with E-state index in [4.69, 9.17) is 4.74 Å². The number of hydrogen-bond donors (Lipinski definition) is 1. The maximum Gasteiger partial charge on any atom is 0.234 e. The van der Waals surface area contributed by atoms with Gasteiger partial charge in [-0.1, -0.05) is 6.07 Å². The second-order valence-corrected chi connectivity index (χ2v) is 8.72. The molecule has 1 saturated heterocycles. The van der Waals surface area contributed by atoms with Crippen molar-refractivity contribution in [2.24, 2.45) is 0 Å². The second kappa shape index (κ2) is 7.98. The molecule has 0 aromatic heterocycles. The molecule has 0 aliphatic carbocycles. The van der Waals surface area contributed by atoms with Crippen LogP contribution in [0.5, 0.6) is 5.75 Å². The molecule has 1 heterocycles. The summed E-state index contributed by atoms with van der Waals surface area (Å²) in [5.74, 6) is 1.04. The van der Waals surface area contributed by atoms with Crippen molar-refractivity contribution in [2.45, 2.75) is 26.3 Å². The highest BCUT2D eigenvalue weighted by Crippen LogP contribution is 2.16. The molecule has 1 fully saturated rings. The molecule has 0 spiro atoms. The van der Waals surface area contributed by atoms with Crippen LogP contribution in [0.4, 0.5) is 0 Å². The Morgan fingerprint density at radius 2 is 1.96 bits per heavy atom. The third kappa shape index (κ3) is 5.79. The van der Waals surface area contributed by atoms with E-state index in [-0.39, 0.29) is 30.0 Å². The zero-order valence-electron chi connectivity index (χ0n) is 14.5. The first kappa shape index (κ1) is 18.7. The van der Waals surface area contributed by atoms with Gasteiger partial charge in [-0.2, -0.15) is 0 Å². The van der Waals surface area contributed by atoms with E-state index in [1.165, 1.54) is 0 Å². The van der Waals surface area contributed by atoms with Gasteiger partial charge in [-0.25, -0.2) is 8.42 Å². The molecule has 0 unspecified atom stereocenters. The lowest BCUT2D eigenvalue weighted by Gasteiger charge is -2.22. The summed E-state index contributed by atoms with van der Waals surface area (Å²) in [5.41, 5.74) is 2.28. The average molecular weight is 354 g/mol.